The molecule has 1 aliphatic carbocycles. The average molecular weight is 760 g/mol. The monoisotopic (exact) mass is 759 g/mol. The molecule has 0 bridgehead atoms. The number of aryl methyl sites for hydroxylation is 1. The van der Waals surface area contributed by atoms with E-state index >= 15 is 0 Å². The number of para-hydroxylation sites is 1. The third-order valence-electron chi connectivity index (χ3n) is 11.5. The fraction of sp³-hybridized carbons (Fsp3) is 0.486. The third-order valence-corrected chi connectivity index (χ3v) is 11.5. The Labute approximate surface area is 313 Å². The highest BCUT2D eigenvalue weighted by Crippen LogP contribution is 2.37. The van der Waals surface area contributed by atoms with Crippen LogP contribution in [0.2, 0.25) is 0 Å². The molecular weight excluding hydrogens is 716 g/mol. The number of aliphatic hydroxyl groups excluding tert-OH is 1. The number of aromatic nitrogens is 7. The average Bonchev–Trinajstić information content (AvgIpc) is 3.86. The maximum Gasteiger partial charge on any atom is 0.329 e. The van der Waals surface area contributed by atoms with Crippen molar-refractivity contribution in [3.63, 3.8) is 0 Å². The van der Waals surface area contributed by atoms with Crippen LogP contribution >= 0.6 is 0 Å². The molecule has 3 aliphatic rings. The third kappa shape index (κ3) is 6.77. The Hall–Kier alpha value is -5.49. The lowest BCUT2D eigenvalue weighted by Gasteiger charge is -2.43. The van der Waals surface area contributed by atoms with Crippen LogP contribution in [0.3, 0.4) is 0 Å². The van der Waals surface area contributed by atoms with E-state index in [1.54, 1.807) is 30.1 Å². The molecular formula is C37H43F2N11O5. The maximum atomic E-state index is 14.1. The zero-order valence-corrected chi connectivity index (χ0v) is 30.5. The number of anilines is 2. The van der Waals surface area contributed by atoms with Gasteiger partial charge in [-0.05, 0) is 69.7 Å². The number of fused-ring (bicyclic) bond motifs is 2. The van der Waals surface area contributed by atoms with Crippen molar-refractivity contribution in [1.29, 1.82) is 0 Å². The van der Waals surface area contributed by atoms with Gasteiger partial charge in [-0.1, -0.05) is 6.07 Å². The topological polar surface area (TPSA) is 177 Å². The fourth-order valence-corrected chi connectivity index (χ4v) is 8.72. The number of carbonyl (C=O) groups excluding carboxylic acids is 3. The van der Waals surface area contributed by atoms with Gasteiger partial charge in [-0.3, -0.25) is 33.5 Å². The number of hydrogen-bond donors (Lipinski definition) is 3. The van der Waals surface area contributed by atoms with E-state index in [4.69, 9.17) is 0 Å². The number of aliphatic hydroxyl groups is 1. The molecule has 0 spiro atoms. The Kier molecular flexibility index (Phi) is 9.71. The van der Waals surface area contributed by atoms with E-state index in [2.05, 4.69) is 35.6 Å². The summed E-state index contributed by atoms with van der Waals surface area (Å²) in [7, 11) is 3.70. The second-order valence-electron chi connectivity index (χ2n) is 14.9. The van der Waals surface area contributed by atoms with Crippen molar-refractivity contribution >= 4 is 45.8 Å². The Morgan fingerprint density at radius 3 is 2.65 bits per heavy atom. The van der Waals surface area contributed by atoms with Crippen LogP contribution in [-0.2, 0) is 16.6 Å². The molecule has 0 radical (unpaired) electrons. The van der Waals surface area contributed by atoms with Gasteiger partial charge in [0.2, 0.25) is 11.8 Å². The predicted octanol–water partition coefficient (Wildman–Crippen LogP) is 3.05. The number of imide groups is 1. The van der Waals surface area contributed by atoms with Crippen molar-refractivity contribution in [3.05, 3.63) is 70.8 Å². The van der Waals surface area contributed by atoms with E-state index in [1.807, 2.05) is 19.2 Å². The summed E-state index contributed by atoms with van der Waals surface area (Å²) in [5, 5.41) is 24.7. The number of alkyl halides is 2. The molecule has 3 unspecified atom stereocenters. The zero-order valence-electron chi connectivity index (χ0n) is 30.5. The lowest BCUT2D eigenvalue weighted by Crippen LogP contribution is -2.54. The highest BCUT2D eigenvalue weighted by Gasteiger charge is 2.36. The minimum Gasteiger partial charge on any atom is -0.390 e. The van der Waals surface area contributed by atoms with E-state index in [0.717, 1.165) is 37.9 Å². The van der Waals surface area contributed by atoms with Gasteiger partial charge in [0.25, 0.3) is 12.3 Å². The molecule has 3 amide bonds. The van der Waals surface area contributed by atoms with Crippen LogP contribution in [0.1, 0.15) is 79.5 Å². The van der Waals surface area contributed by atoms with Gasteiger partial charge < -0.3 is 20.2 Å². The van der Waals surface area contributed by atoms with Crippen LogP contribution < -0.4 is 21.2 Å². The Morgan fingerprint density at radius 2 is 1.91 bits per heavy atom. The number of piperidine rings is 2. The first-order chi connectivity index (χ1) is 26.5. The summed E-state index contributed by atoms with van der Waals surface area (Å²) in [5.74, 6) is -1.09. The van der Waals surface area contributed by atoms with Crippen molar-refractivity contribution in [3.8, 4) is 0 Å². The fourth-order valence-electron chi connectivity index (χ4n) is 8.72. The van der Waals surface area contributed by atoms with E-state index < -0.39 is 36.1 Å². The van der Waals surface area contributed by atoms with Gasteiger partial charge in [0, 0.05) is 57.7 Å². The van der Waals surface area contributed by atoms with Crippen LogP contribution in [0, 0.1) is 5.92 Å². The van der Waals surface area contributed by atoms with Gasteiger partial charge in [0.05, 0.1) is 40.8 Å². The lowest BCUT2D eigenvalue weighted by molar-refractivity contribution is -0.135. The smallest absolute Gasteiger partial charge is 0.329 e. The predicted molar refractivity (Wildman–Crippen MR) is 197 cm³/mol. The number of nitrogens with zero attached hydrogens (tertiary/aromatic N) is 9. The van der Waals surface area contributed by atoms with Gasteiger partial charge in [-0.2, -0.15) is 10.2 Å². The van der Waals surface area contributed by atoms with Crippen molar-refractivity contribution < 1.29 is 28.3 Å². The number of benzene rings is 1. The molecule has 8 rings (SSSR count). The molecule has 55 heavy (non-hydrogen) atoms. The van der Waals surface area contributed by atoms with E-state index in [1.165, 1.54) is 32.2 Å². The summed E-state index contributed by atoms with van der Waals surface area (Å²) < 4.78 is 34.1. The quantitative estimate of drug-likeness (QED) is 0.190. The summed E-state index contributed by atoms with van der Waals surface area (Å²) in [4.78, 5) is 59.4. The first-order valence-corrected chi connectivity index (χ1v) is 18.6. The lowest BCUT2D eigenvalue weighted by atomic mass is 9.85. The Morgan fingerprint density at radius 1 is 1.11 bits per heavy atom. The van der Waals surface area contributed by atoms with Crippen LogP contribution in [0.4, 0.5) is 20.2 Å². The van der Waals surface area contributed by atoms with Crippen molar-refractivity contribution in [2.45, 2.75) is 75.6 Å². The molecule has 18 heteroatoms. The summed E-state index contributed by atoms with van der Waals surface area (Å²) in [5.41, 5.74) is 1.69. The number of likely N-dealkylation sites (N-methyl/N-ethyl adjacent to an activating group) is 1. The molecule has 2 saturated heterocycles. The second-order valence-corrected chi connectivity index (χ2v) is 14.9. The Bertz CT molecular complexity index is 2320. The molecule has 1 aromatic carbocycles. The summed E-state index contributed by atoms with van der Waals surface area (Å²) >= 11 is 0. The number of hydrogen-bond acceptors (Lipinski definition) is 10. The summed E-state index contributed by atoms with van der Waals surface area (Å²) in [6, 6.07) is 6.28. The van der Waals surface area contributed by atoms with E-state index in [-0.39, 0.29) is 47.8 Å². The van der Waals surface area contributed by atoms with Crippen molar-refractivity contribution in [2.75, 3.05) is 36.9 Å². The second kappa shape index (κ2) is 14.6. The Balaban J connectivity index is 0.885. The van der Waals surface area contributed by atoms with Crippen LogP contribution in [0.25, 0.3) is 16.7 Å². The van der Waals surface area contributed by atoms with E-state index in [0.29, 0.717) is 42.1 Å². The minimum atomic E-state index is -2.87. The van der Waals surface area contributed by atoms with Gasteiger partial charge in [0.15, 0.2) is 11.3 Å². The largest absolute Gasteiger partial charge is 0.390 e. The SMILES string of the molecule is CN(C[C@H]1CC[C@H](n2cc(NC(=O)c3cnn4cccnc34)c(C(F)F)n2)CC1)C1CCN(c2cccc3c2n(C)c(=O)n3C2CCC(=O)NC2=O)CC1O. The van der Waals surface area contributed by atoms with Gasteiger partial charge >= 0.3 is 5.69 Å². The molecule has 1 saturated carbocycles. The van der Waals surface area contributed by atoms with Crippen LogP contribution in [0.5, 0.6) is 0 Å². The zero-order chi connectivity index (χ0) is 38.5. The summed E-state index contributed by atoms with van der Waals surface area (Å²) in [6.45, 7) is 1.77. The maximum absolute atomic E-state index is 14.1. The molecule has 16 nitrogen and oxygen atoms in total. The van der Waals surface area contributed by atoms with E-state index in [9.17, 15) is 33.1 Å². The normalized spacial score (nSPS) is 23.6. The van der Waals surface area contributed by atoms with Crippen molar-refractivity contribution in [2.24, 2.45) is 13.0 Å². The first kappa shape index (κ1) is 36.5. The van der Waals surface area contributed by atoms with Gasteiger partial charge in [0.1, 0.15) is 11.6 Å². The molecule has 2 aliphatic heterocycles. The number of halogens is 2. The highest BCUT2D eigenvalue weighted by molar-refractivity contribution is 6.08. The highest BCUT2D eigenvalue weighted by atomic mass is 19.3. The standard InChI is InChI=1S/C37H43F2N11O5/c1-45(25-13-16-47(20-29(25)51)26-5-3-6-27-32(26)46(2)37(55)50(27)28-11-12-30(52)43-36(28)54)18-21-7-9-22(10-8-21)49-19-24(31(44-49)33(38)39)42-35(53)23-17-41-48-15-4-14-40-34(23)48/h3-6,14-15,17,19,21-22,25,28-29,33,51H,7-13,16,18,20H2,1-2H3,(H,42,53)(H,43,52,54)/t21-,22-,25?,28?,29?. The molecule has 3 fully saturated rings. The van der Waals surface area contributed by atoms with Crippen LogP contribution in [-0.4, -0.2) is 100 Å². The first-order valence-electron chi connectivity index (χ1n) is 18.6. The number of imidazole rings is 1. The molecule has 3 N–H and O–H groups in total. The number of nitrogens with one attached hydrogen (secondary N) is 2. The van der Waals surface area contributed by atoms with Crippen molar-refractivity contribution in [1.82, 2.24) is 43.7 Å². The number of amides is 3. The molecule has 4 aromatic heterocycles. The number of rotatable bonds is 9. The summed E-state index contributed by atoms with van der Waals surface area (Å²) in [6.07, 6.45) is 6.73. The minimum absolute atomic E-state index is 0.0391. The molecule has 290 valence electrons. The molecule has 5 aromatic rings. The van der Waals surface area contributed by atoms with Crippen LogP contribution in [0.15, 0.2) is 53.8 Å². The van der Waals surface area contributed by atoms with Gasteiger partial charge in [-0.25, -0.2) is 23.1 Å². The molecule has 3 atom stereocenters. The van der Waals surface area contributed by atoms with Gasteiger partial charge in [-0.15, -0.1) is 0 Å². The number of β-amino-alcohol motifs (C(OH)–C–C–N with tert-alkyl or cyclic N) is 1. The number of carbonyl (C=O) groups is 3. The molecule has 6 heterocycles.